The SMILES string of the molecule is [Ca].[Li].[Mg].[Mn].[Zn]. The van der Waals surface area contributed by atoms with Crippen LogP contribution in [0.1, 0.15) is 0 Å². The second-order valence-corrected chi connectivity index (χ2v) is 0. The van der Waals surface area contributed by atoms with Crippen LogP contribution in [0.2, 0.25) is 0 Å². The summed E-state index contributed by atoms with van der Waals surface area (Å²) >= 11 is 0. The Morgan fingerprint density at radius 3 is 1.00 bits per heavy atom. The Morgan fingerprint density at radius 2 is 1.00 bits per heavy atom. The van der Waals surface area contributed by atoms with E-state index in [2.05, 4.69) is 0 Å². The zero-order valence-corrected chi connectivity index (χ0v) is 11.3. The third kappa shape index (κ3) is 18.2. The van der Waals surface area contributed by atoms with E-state index >= 15 is 0 Å². The van der Waals surface area contributed by atoms with Crippen LogP contribution >= 0.6 is 0 Å². The topological polar surface area (TPSA) is 0 Å². The van der Waals surface area contributed by atoms with Crippen molar-refractivity contribution in [1.29, 1.82) is 0 Å². The van der Waals surface area contributed by atoms with Crippen molar-refractivity contribution >= 4 is 79.7 Å². The molecule has 0 aromatic heterocycles. The molecule has 0 bridgehead atoms. The molecule has 5 heteroatoms. The summed E-state index contributed by atoms with van der Waals surface area (Å²) in [6.07, 6.45) is 0. The van der Waals surface area contributed by atoms with E-state index in [-0.39, 0.29) is 116 Å². The quantitative estimate of drug-likeness (QED) is 0.425. The summed E-state index contributed by atoms with van der Waals surface area (Å²) < 4.78 is 0. The van der Waals surface area contributed by atoms with Gasteiger partial charge in [0.1, 0.15) is 0 Å². The van der Waals surface area contributed by atoms with Gasteiger partial charge in [0, 0.05) is 116 Å². The third-order valence-corrected chi connectivity index (χ3v) is 0. The standard InChI is InChI=1S/Ca.Li.Mg.Mn.Zn. The second kappa shape index (κ2) is 25.1. The van der Waals surface area contributed by atoms with Gasteiger partial charge in [0.25, 0.3) is 0 Å². The minimum Gasteiger partial charge on any atom is 0 e. The first-order chi connectivity index (χ1) is 0. The van der Waals surface area contributed by atoms with E-state index in [9.17, 15) is 0 Å². The van der Waals surface area contributed by atoms with Crippen molar-refractivity contribution in [1.82, 2.24) is 0 Å². The first-order valence-electron chi connectivity index (χ1n) is 0. The summed E-state index contributed by atoms with van der Waals surface area (Å²) in [6, 6.07) is 0. The number of rotatable bonds is 0. The van der Waals surface area contributed by atoms with Crippen LogP contribution in [0.5, 0.6) is 0 Å². The molecule has 0 aromatic carbocycles. The van der Waals surface area contributed by atoms with E-state index in [0.29, 0.717) is 0 Å². The predicted molar refractivity (Wildman–Crippen MR) is 17.3 cm³/mol. The van der Waals surface area contributed by atoms with Crippen LogP contribution in [0.25, 0.3) is 0 Å². The molecule has 0 saturated carbocycles. The molecule has 0 spiro atoms. The Labute approximate surface area is 114 Å². The van der Waals surface area contributed by atoms with Gasteiger partial charge in [-0.2, -0.15) is 0 Å². The molecule has 0 amide bonds. The maximum absolute atomic E-state index is 0. The Balaban J connectivity index is 0. The van der Waals surface area contributed by atoms with E-state index in [1.165, 1.54) is 0 Å². The molecule has 0 unspecified atom stereocenters. The Bertz CT molecular complexity index is 11.6. The molecular weight excluding hydrogens is 192 g/mol. The maximum atomic E-state index is 0. The summed E-state index contributed by atoms with van der Waals surface area (Å²) in [4.78, 5) is 0. The third-order valence-electron chi connectivity index (χ3n) is 0. The largest absolute Gasteiger partial charge is 0 e. The molecule has 0 aliphatic carbocycles. The second-order valence-electron chi connectivity index (χ2n) is 0. The molecule has 0 N–H and O–H groups in total. The molecule has 0 aromatic rings. The monoisotopic (exact) mass is 190 g/mol. The van der Waals surface area contributed by atoms with Gasteiger partial charge in [-0.1, -0.05) is 0 Å². The Kier molecular flexibility index (Phi) is 187. The van der Waals surface area contributed by atoms with E-state index in [0.717, 1.165) is 0 Å². The first-order valence-corrected chi connectivity index (χ1v) is 0. The average Bonchev–Trinajstić information content (AvgIpc) is 0. The molecule has 0 atom stereocenters. The molecule has 0 heterocycles. The molecule has 0 nitrogen and oxygen atoms in total. The number of hydrogen-bond acceptors (Lipinski definition) is 0. The molecule has 0 fully saturated rings. The van der Waals surface area contributed by atoms with Gasteiger partial charge in [0.2, 0.25) is 0 Å². The normalized spacial score (nSPS) is 0. The predicted octanol–water partition coefficient (Wildman–Crippen LogP) is -1.15. The van der Waals surface area contributed by atoms with Gasteiger partial charge in [-0.3, -0.25) is 0 Å². The molecule has 0 saturated heterocycles. The van der Waals surface area contributed by atoms with Crippen molar-refractivity contribution in [3.05, 3.63) is 0 Å². The van der Waals surface area contributed by atoms with E-state index in [4.69, 9.17) is 0 Å². The van der Waals surface area contributed by atoms with Crippen LogP contribution in [0.15, 0.2) is 0 Å². The zero-order chi connectivity index (χ0) is 0. The summed E-state index contributed by atoms with van der Waals surface area (Å²) in [5, 5.41) is 0. The van der Waals surface area contributed by atoms with Crippen LogP contribution in [-0.4, -0.2) is 79.7 Å². The molecule has 5 heavy (non-hydrogen) atoms. The van der Waals surface area contributed by atoms with Gasteiger partial charge in [-0.05, 0) is 0 Å². The molecule has 14 valence electrons. The van der Waals surface area contributed by atoms with Crippen molar-refractivity contribution in [2.75, 3.05) is 0 Å². The van der Waals surface area contributed by atoms with Crippen LogP contribution in [0.4, 0.5) is 0 Å². The van der Waals surface area contributed by atoms with Gasteiger partial charge in [-0.25, -0.2) is 0 Å². The van der Waals surface area contributed by atoms with Crippen LogP contribution in [0.3, 0.4) is 0 Å². The van der Waals surface area contributed by atoms with Crippen molar-refractivity contribution < 1.29 is 36.5 Å². The van der Waals surface area contributed by atoms with Crippen molar-refractivity contribution in [3.63, 3.8) is 0 Å². The average molecular weight is 192 g/mol. The van der Waals surface area contributed by atoms with Gasteiger partial charge in [0.05, 0.1) is 0 Å². The maximum Gasteiger partial charge on any atom is 0 e. The van der Waals surface area contributed by atoms with Crippen LogP contribution in [0, 0.1) is 0 Å². The molecule has 6 radical (unpaired) electrons. The summed E-state index contributed by atoms with van der Waals surface area (Å²) in [5.41, 5.74) is 0. The zero-order valence-electron chi connectivity index (χ0n) is 3.50. The van der Waals surface area contributed by atoms with Gasteiger partial charge < -0.3 is 0 Å². The van der Waals surface area contributed by atoms with E-state index in [1.807, 2.05) is 0 Å². The smallest absolute Gasteiger partial charge is 0 e. The molecule has 0 aliphatic rings. The minimum atomic E-state index is 0. The minimum absolute atomic E-state index is 0. The molecular formula is CaLiMgMnZn. The van der Waals surface area contributed by atoms with Crippen molar-refractivity contribution in [3.8, 4) is 0 Å². The van der Waals surface area contributed by atoms with Crippen molar-refractivity contribution in [2.24, 2.45) is 0 Å². The van der Waals surface area contributed by atoms with Gasteiger partial charge in [0.15, 0.2) is 0 Å². The Hall–Kier alpha value is 3.77. The van der Waals surface area contributed by atoms with Crippen LogP contribution < -0.4 is 0 Å². The summed E-state index contributed by atoms with van der Waals surface area (Å²) in [5.74, 6) is 0. The Morgan fingerprint density at radius 1 is 1.00 bits per heavy atom. The molecule has 0 rings (SSSR count). The van der Waals surface area contributed by atoms with Crippen molar-refractivity contribution in [2.45, 2.75) is 0 Å². The van der Waals surface area contributed by atoms with Gasteiger partial charge >= 0.3 is 0 Å². The first kappa shape index (κ1) is 37.3. The number of hydrogen-bond donors (Lipinski definition) is 0. The fourth-order valence-electron chi connectivity index (χ4n) is 0. The fraction of sp³-hybridized carbons (Fsp3) is 0. The van der Waals surface area contributed by atoms with E-state index < -0.39 is 0 Å². The summed E-state index contributed by atoms with van der Waals surface area (Å²) in [7, 11) is 0. The van der Waals surface area contributed by atoms with Crippen LogP contribution in [-0.2, 0) is 36.5 Å². The van der Waals surface area contributed by atoms with E-state index in [1.54, 1.807) is 0 Å². The fourth-order valence-corrected chi connectivity index (χ4v) is 0. The summed E-state index contributed by atoms with van der Waals surface area (Å²) in [6.45, 7) is 0. The molecule has 0 aliphatic heterocycles. The van der Waals surface area contributed by atoms with Gasteiger partial charge in [-0.15, -0.1) is 0 Å².